The number of anilines is 3. The lowest BCUT2D eigenvalue weighted by Gasteiger charge is -2.27. The van der Waals surface area contributed by atoms with Gasteiger partial charge in [0.05, 0.1) is 16.7 Å². The van der Waals surface area contributed by atoms with Crippen molar-refractivity contribution in [2.24, 2.45) is 0 Å². The van der Waals surface area contributed by atoms with Gasteiger partial charge in [0.25, 0.3) is 0 Å². The molecule has 0 aliphatic carbocycles. The molecule has 3 heteroatoms. The molecule has 0 saturated carbocycles. The Bertz CT molecular complexity index is 3920. The summed E-state index contributed by atoms with van der Waals surface area (Å²) < 4.78 is 9.01. The normalized spacial score (nSPS) is 11.7. The molecule has 0 aliphatic rings. The fourth-order valence-corrected chi connectivity index (χ4v) is 10.2. The molecule has 0 N–H and O–H groups in total. The third-order valence-corrected chi connectivity index (χ3v) is 13.2. The zero-order chi connectivity index (χ0) is 42.8. The van der Waals surface area contributed by atoms with Crippen LogP contribution in [0.4, 0.5) is 17.1 Å². The highest BCUT2D eigenvalue weighted by molar-refractivity contribution is 6.17. The molecule has 0 fully saturated rings. The smallest absolute Gasteiger partial charge is 0.143 e. The summed E-state index contributed by atoms with van der Waals surface area (Å²) in [6.45, 7) is 0. The van der Waals surface area contributed by atoms with E-state index in [0.29, 0.717) is 0 Å². The lowest BCUT2D eigenvalue weighted by atomic mass is 9.94. The SMILES string of the molecule is c1ccc(-c2ccc(-c3ccc(N(c4ccc(-c5ccc6c(c5)c5ccccc5n6-c5ccccc5)cc4)c4cccc5c4ccc4ccccc45)cc3)c3c2oc2ccccc23)cc1. The molecule has 0 unspecified atom stereocenters. The van der Waals surface area contributed by atoms with Crippen molar-refractivity contribution in [1.82, 2.24) is 4.57 Å². The van der Waals surface area contributed by atoms with Crippen LogP contribution >= 0.6 is 0 Å². The average Bonchev–Trinajstić information content (AvgIpc) is 3.93. The van der Waals surface area contributed by atoms with E-state index < -0.39 is 0 Å². The van der Waals surface area contributed by atoms with Crippen LogP contribution in [-0.4, -0.2) is 4.57 Å². The Balaban J connectivity index is 0.941. The van der Waals surface area contributed by atoms with Gasteiger partial charge >= 0.3 is 0 Å². The van der Waals surface area contributed by atoms with Gasteiger partial charge in [-0.3, -0.25) is 0 Å². The Morgan fingerprint density at radius 2 is 0.938 bits per heavy atom. The van der Waals surface area contributed by atoms with Crippen LogP contribution in [0.5, 0.6) is 0 Å². The Morgan fingerprint density at radius 3 is 1.74 bits per heavy atom. The van der Waals surface area contributed by atoms with Crippen LogP contribution in [0.15, 0.2) is 247 Å². The van der Waals surface area contributed by atoms with E-state index in [1.807, 2.05) is 6.07 Å². The van der Waals surface area contributed by atoms with E-state index in [4.69, 9.17) is 4.42 Å². The molecule has 2 aromatic heterocycles. The highest BCUT2D eigenvalue weighted by Crippen LogP contribution is 2.45. The summed E-state index contributed by atoms with van der Waals surface area (Å²) in [5.74, 6) is 0. The molecule has 0 bridgehead atoms. The van der Waals surface area contributed by atoms with E-state index >= 15 is 0 Å². The molecule has 0 spiro atoms. The summed E-state index contributed by atoms with van der Waals surface area (Å²) in [4.78, 5) is 2.41. The zero-order valence-corrected chi connectivity index (χ0v) is 35.4. The number of nitrogens with zero attached hydrogens (tertiary/aromatic N) is 2. The summed E-state index contributed by atoms with van der Waals surface area (Å²) in [6.07, 6.45) is 0. The predicted molar refractivity (Wildman–Crippen MR) is 274 cm³/mol. The van der Waals surface area contributed by atoms with Crippen molar-refractivity contribution in [1.29, 1.82) is 0 Å². The first-order valence-electron chi connectivity index (χ1n) is 22.2. The summed E-state index contributed by atoms with van der Waals surface area (Å²) in [5.41, 5.74) is 15.5. The van der Waals surface area contributed by atoms with Gasteiger partial charge in [-0.2, -0.15) is 0 Å². The van der Waals surface area contributed by atoms with Crippen molar-refractivity contribution in [3.63, 3.8) is 0 Å². The first-order valence-corrected chi connectivity index (χ1v) is 22.2. The average molecular weight is 829 g/mol. The van der Waals surface area contributed by atoms with Gasteiger partial charge in [0, 0.05) is 49.6 Å². The standard InChI is InChI=1S/C62H40N2O/c1-3-14-42(15-4-1)51-38-37-50(61-55-21-10-12-25-60(55)65-62(51)61)44-28-34-48(35-29-44)63(57-24-13-22-52-49-19-8-7-16-43(49)30-36-54(52)57)47-32-26-41(27-33-47)45-31-39-59-56(40-45)53-20-9-11-23-58(53)64(59)46-17-5-2-6-18-46/h1-40H. The number of para-hydroxylation sites is 3. The lowest BCUT2D eigenvalue weighted by Crippen LogP contribution is -2.10. The van der Waals surface area contributed by atoms with Crippen molar-refractivity contribution in [2.75, 3.05) is 4.90 Å². The molecule has 0 radical (unpaired) electrons. The van der Waals surface area contributed by atoms with Gasteiger partial charge in [-0.25, -0.2) is 0 Å². The van der Waals surface area contributed by atoms with Crippen LogP contribution in [-0.2, 0) is 0 Å². The van der Waals surface area contributed by atoms with Crippen LogP contribution in [0, 0.1) is 0 Å². The van der Waals surface area contributed by atoms with Crippen LogP contribution in [0.25, 0.3) is 104 Å². The molecule has 0 amide bonds. The fourth-order valence-electron chi connectivity index (χ4n) is 10.2. The minimum atomic E-state index is 0.890. The minimum absolute atomic E-state index is 0.890. The second-order valence-corrected chi connectivity index (χ2v) is 16.8. The Morgan fingerprint density at radius 1 is 0.338 bits per heavy atom. The van der Waals surface area contributed by atoms with E-state index in [1.165, 1.54) is 54.5 Å². The maximum absolute atomic E-state index is 6.64. The first-order chi connectivity index (χ1) is 32.2. The van der Waals surface area contributed by atoms with Crippen molar-refractivity contribution >= 4 is 82.4 Å². The number of rotatable bonds is 7. The van der Waals surface area contributed by atoms with Gasteiger partial charge < -0.3 is 13.9 Å². The Labute approximate surface area is 376 Å². The number of hydrogen-bond acceptors (Lipinski definition) is 2. The lowest BCUT2D eigenvalue weighted by molar-refractivity contribution is 0.670. The van der Waals surface area contributed by atoms with Gasteiger partial charge in [0.15, 0.2) is 0 Å². The number of aromatic nitrogens is 1. The van der Waals surface area contributed by atoms with E-state index in [2.05, 4.69) is 246 Å². The van der Waals surface area contributed by atoms with Crippen LogP contribution in [0.2, 0.25) is 0 Å². The summed E-state index contributed by atoms with van der Waals surface area (Å²) in [5, 5.41) is 9.64. The Kier molecular flexibility index (Phi) is 8.53. The summed E-state index contributed by atoms with van der Waals surface area (Å²) in [7, 11) is 0. The molecule has 65 heavy (non-hydrogen) atoms. The zero-order valence-electron chi connectivity index (χ0n) is 35.4. The number of furan rings is 1. The summed E-state index contributed by atoms with van der Waals surface area (Å²) >= 11 is 0. The van der Waals surface area contributed by atoms with E-state index in [-0.39, 0.29) is 0 Å². The highest BCUT2D eigenvalue weighted by atomic mass is 16.3. The second kappa shape index (κ2) is 15.0. The number of fused-ring (bicyclic) bond motifs is 9. The topological polar surface area (TPSA) is 21.3 Å². The molecular weight excluding hydrogens is 789 g/mol. The molecule has 2 heterocycles. The highest BCUT2D eigenvalue weighted by Gasteiger charge is 2.20. The molecule has 13 rings (SSSR count). The first kappa shape index (κ1) is 36.9. The van der Waals surface area contributed by atoms with E-state index in [9.17, 15) is 0 Å². The van der Waals surface area contributed by atoms with Crippen molar-refractivity contribution in [3.8, 4) is 39.1 Å². The molecule has 0 aliphatic heterocycles. The van der Waals surface area contributed by atoms with Crippen molar-refractivity contribution in [3.05, 3.63) is 243 Å². The molecule has 3 nitrogen and oxygen atoms in total. The number of benzene rings is 11. The van der Waals surface area contributed by atoms with E-state index in [0.717, 1.165) is 66.9 Å². The maximum atomic E-state index is 6.64. The van der Waals surface area contributed by atoms with Gasteiger partial charge in [-0.05, 0) is 117 Å². The monoisotopic (exact) mass is 828 g/mol. The van der Waals surface area contributed by atoms with Gasteiger partial charge in [0.1, 0.15) is 11.2 Å². The minimum Gasteiger partial charge on any atom is -0.455 e. The van der Waals surface area contributed by atoms with Crippen molar-refractivity contribution in [2.45, 2.75) is 0 Å². The summed E-state index contributed by atoms with van der Waals surface area (Å²) in [6, 6.07) is 87.6. The van der Waals surface area contributed by atoms with Gasteiger partial charge in [-0.1, -0.05) is 170 Å². The van der Waals surface area contributed by atoms with Crippen LogP contribution in [0.3, 0.4) is 0 Å². The molecule has 304 valence electrons. The molecule has 0 saturated heterocycles. The molecule has 0 atom stereocenters. The predicted octanol–water partition coefficient (Wildman–Crippen LogP) is 17.5. The van der Waals surface area contributed by atoms with Crippen LogP contribution < -0.4 is 4.90 Å². The van der Waals surface area contributed by atoms with Crippen LogP contribution in [0.1, 0.15) is 0 Å². The molecule has 11 aromatic carbocycles. The third-order valence-electron chi connectivity index (χ3n) is 13.2. The van der Waals surface area contributed by atoms with Gasteiger partial charge in [0.2, 0.25) is 0 Å². The van der Waals surface area contributed by atoms with Gasteiger partial charge in [-0.15, -0.1) is 0 Å². The quantitative estimate of drug-likeness (QED) is 0.149. The molecule has 13 aromatic rings. The number of hydrogen-bond donors (Lipinski definition) is 0. The Hall–Kier alpha value is -8.66. The third kappa shape index (κ3) is 6.05. The second-order valence-electron chi connectivity index (χ2n) is 16.8. The van der Waals surface area contributed by atoms with Crippen molar-refractivity contribution < 1.29 is 4.42 Å². The van der Waals surface area contributed by atoms with E-state index in [1.54, 1.807) is 0 Å². The largest absolute Gasteiger partial charge is 0.455 e. The molecular formula is C62H40N2O. The maximum Gasteiger partial charge on any atom is 0.143 e. The fraction of sp³-hybridized carbons (Fsp3) is 0.